The summed E-state index contributed by atoms with van der Waals surface area (Å²) >= 11 is 1.53. The minimum atomic E-state index is -0.107. The minimum absolute atomic E-state index is 0.0371. The Hall–Kier alpha value is -1.53. The predicted molar refractivity (Wildman–Crippen MR) is 80.5 cm³/mol. The topological polar surface area (TPSA) is 55.3 Å². The monoisotopic (exact) mass is 303 g/mol. The molecule has 5 nitrogen and oxygen atoms in total. The lowest BCUT2D eigenvalue weighted by atomic mass is 9.85. The van der Waals surface area contributed by atoms with Gasteiger partial charge in [0.2, 0.25) is 0 Å². The van der Waals surface area contributed by atoms with E-state index in [2.05, 4.69) is 9.97 Å². The molecule has 1 atom stereocenters. The standard InChI is InChI=1S/C15H17N3O2S/c19-14(12-13-11(3-8-21-13)16-10-17-12)18-6-2-1-4-15(18)5-7-20-9-15/h3,8,10H,1-2,4-7,9H2/t15-/m0/s1. The van der Waals surface area contributed by atoms with E-state index in [-0.39, 0.29) is 11.4 Å². The summed E-state index contributed by atoms with van der Waals surface area (Å²) in [5, 5.41) is 1.96. The SMILES string of the molecule is O=C(c1ncnc2ccsc12)N1CCCC[C@@]12CCOC2. The molecule has 2 aliphatic heterocycles. The summed E-state index contributed by atoms with van der Waals surface area (Å²) in [5.74, 6) is 0.0371. The lowest BCUT2D eigenvalue weighted by Crippen LogP contribution is -2.55. The molecular weight excluding hydrogens is 286 g/mol. The Balaban J connectivity index is 1.74. The summed E-state index contributed by atoms with van der Waals surface area (Å²) in [6, 6.07) is 1.93. The van der Waals surface area contributed by atoms with Gasteiger partial charge in [0, 0.05) is 13.2 Å². The average Bonchev–Trinajstić information content (AvgIpc) is 3.16. The van der Waals surface area contributed by atoms with E-state index in [9.17, 15) is 4.79 Å². The molecule has 1 amide bonds. The fraction of sp³-hybridized carbons (Fsp3) is 0.533. The molecular formula is C15H17N3O2S. The summed E-state index contributed by atoms with van der Waals surface area (Å²) in [5.41, 5.74) is 1.29. The average molecular weight is 303 g/mol. The zero-order chi connectivity index (χ0) is 14.3. The number of carbonyl (C=O) groups excluding carboxylic acids is 1. The molecule has 0 aromatic carbocycles. The van der Waals surface area contributed by atoms with E-state index in [1.807, 2.05) is 16.3 Å². The van der Waals surface area contributed by atoms with E-state index >= 15 is 0 Å². The molecule has 110 valence electrons. The van der Waals surface area contributed by atoms with Crippen molar-refractivity contribution >= 4 is 27.5 Å². The molecule has 2 aromatic heterocycles. The van der Waals surface area contributed by atoms with E-state index in [0.717, 1.165) is 42.6 Å². The van der Waals surface area contributed by atoms with Crippen LogP contribution >= 0.6 is 11.3 Å². The fourth-order valence-electron chi connectivity index (χ4n) is 3.49. The van der Waals surface area contributed by atoms with E-state index in [4.69, 9.17) is 4.74 Å². The van der Waals surface area contributed by atoms with Crippen molar-refractivity contribution in [1.82, 2.24) is 14.9 Å². The number of fused-ring (bicyclic) bond motifs is 1. The highest BCUT2D eigenvalue weighted by Crippen LogP contribution is 2.37. The number of nitrogens with zero attached hydrogens (tertiary/aromatic N) is 3. The Morgan fingerprint density at radius 3 is 3.14 bits per heavy atom. The van der Waals surface area contributed by atoms with Crippen molar-refractivity contribution < 1.29 is 9.53 Å². The van der Waals surface area contributed by atoms with Crippen LogP contribution in [-0.4, -0.2) is 46.1 Å². The molecule has 2 aromatic rings. The van der Waals surface area contributed by atoms with Gasteiger partial charge in [-0.1, -0.05) is 0 Å². The van der Waals surface area contributed by atoms with Gasteiger partial charge < -0.3 is 9.64 Å². The highest BCUT2D eigenvalue weighted by atomic mass is 32.1. The van der Waals surface area contributed by atoms with Gasteiger partial charge in [0.05, 0.1) is 22.4 Å². The predicted octanol–water partition coefficient (Wildman–Crippen LogP) is 2.48. The number of carbonyl (C=O) groups is 1. The Labute approximate surface area is 127 Å². The van der Waals surface area contributed by atoms with E-state index in [0.29, 0.717) is 12.3 Å². The summed E-state index contributed by atoms with van der Waals surface area (Å²) < 4.78 is 6.49. The van der Waals surface area contributed by atoms with Crippen LogP contribution in [0.3, 0.4) is 0 Å². The van der Waals surface area contributed by atoms with E-state index in [1.165, 1.54) is 24.1 Å². The summed E-state index contributed by atoms with van der Waals surface area (Å²) in [6.07, 6.45) is 5.70. The van der Waals surface area contributed by atoms with Gasteiger partial charge in [-0.25, -0.2) is 9.97 Å². The number of rotatable bonds is 1. The molecule has 0 aliphatic carbocycles. The first kappa shape index (κ1) is 13.2. The van der Waals surface area contributed by atoms with Crippen LogP contribution < -0.4 is 0 Å². The van der Waals surface area contributed by atoms with Crippen molar-refractivity contribution in [1.29, 1.82) is 0 Å². The maximum atomic E-state index is 13.1. The van der Waals surface area contributed by atoms with Crippen LogP contribution in [0, 0.1) is 0 Å². The van der Waals surface area contributed by atoms with Crippen LogP contribution in [0.4, 0.5) is 0 Å². The second kappa shape index (κ2) is 5.03. The zero-order valence-corrected chi connectivity index (χ0v) is 12.6. The van der Waals surface area contributed by atoms with E-state index in [1.54, 1.807) is 0 Å². The number of ether oxygens (including phenoxy) is 1. The molecule has 2 fully saturated rings. The first-order valence-electron chi connectivity index (χ1n) is 7.38. The normalized spacial score (nSPS) is 25.8. The lowest BCUT2D eigenvalue weighted by Gasteiger charge is -2.43. The summed E-state index contributed by atoms with van der Waals surface area (Å²) in [6.45, 7) is 2.22. The van der Waals surface area contributed by atoms with Gasteiger partial charge in [-0.05, 0) is 37.1 Å². The second-order valence-corrected chi connectivity index (χ2v) is 6.71. The third-order valence-electron chi connectivity index (χ3n) is 4.62. The molecule has 0 saturated carbocycles. The van der Waals surface area contributed by atoms with Gasteiger partial charge in [-0.2, -0.15) is 0 Å². The quantitative estimate of drug-likeness (QED) is 0.812. The first-order valence-corrected chi connectivity index (χ1v) is 8.26. The second-order valence-electron chi connectivity index (χ2n) is 5.80. The molecule has 4 rings (SSSR count). The van der Waals surface area contributed by atoms with Crippen LogP contribution in [0.15, 0.2) is 17.8 Å². The smallest absolute Gasteiger partial charge is 0.274 e. The summed E-state index contributed by atoms with van der Waals surface area (Å²) in [7, 11) is 0. The van der Waals surface area contributed by atoms with Crippen molar-refractivity contribution in [3.05, 3.63) is 23.5 Å². The fourth-order valence-corrected chi connectivity index (χ4v) is 4.31. The molecule has 1 spiro atoms. The van der Waals surface area contributed by atoms with Crippen molar-refractivity contribution in [3.8, 4) is 0 Å². The molecule has 2 saturated heterocycles. The molecule has 0 N–H and O–H groups in total. The Bertz CT molecular complexity index is 678. The number of aromatic nitrogens is 2. The molecule has 0 unspecified atom stereocenters. The highest BCUT2D eigenvalue weighted by molar-refractivity contribution is 7.17. The Morgan fingerprint density at radius 1 is 1.33 bits per heavy atom. The first-order chi connectivity index (χ1) is 10.3. The van der Waals surface area contributed by atoms with Crippen molar-refractivity contribution in [2.45, 2.75) is 31.2 Å². The molecule has 2 aliphatic rings. The van der Waals surface area contributed by atoms with Gasteiger partial charge in [0.25, 0.3) is 5.91 Å². The van der Waals surface area contributed by atoms with Crippen LogP contribution in [0.1, 0.15) is 36.2 Å². The molecule has 0 radical (unpaired) electrons. The third-order valence-corrected chi connectivity index (χ3v) is 5.53. The lowest BCUT2D eigenvalue weighted by molar-refractivity contribution is 0.0252. The zero-order valence-electron chi connectivity index (χ0n) is 11.7. The maximum Gasteiger partial charge on any atom is 0.274 e. The van der Waals surface area contributed by atoms with Crippen molar-refractivity contribution in [3.63, 3.8) is 0 Å². The van der Waals surface area contributed by atoms with Crippen LogP contribution in [0.5, 0.6) is 0 Å². The van der Waals surface area contributed by atoms with Crippen LogP contribution in [-0.2, 0) is 4.74 Å². The van der Waals surface area contributed by atoms with Crippen LogP contribution in [0.2, 0.25) is 0 Å². The minimum Gasteiger partial charge on any atom is -0.379 e. The van der Waals surface area contributed by atoms with Gasteiger partial charge in [0.1, 0.15) is 12.0 Å². The number of hydrogen-bond acceptors (Lipinski definition) is 5. The van der Waals surface area contributed by atoms with Crippen molar-refractivity contribution in [2.24, 2.45) is 0 Å². The van der Waals surface area contributed by atoms with E-state index < -0.39 is 0 Å². The highest BCUT2D eigenvalue weighted by Gasteiger charge is 2.45. The Kier molecular flexibility index (Phi) is 3.15. The van der Waals surface area contributed by atoms with Crippen LogP contribution in [0.25, 0.3) is 10.2 Å². The number of hydrogen-bond donors (Lipinski definition) is 0. The number of piperidine rings is 1. The molecule has 6 heteroatoms. The number of amides is 1. The number of thiophene rings is 1. The molecule has 21 heavy (non-hydrogen) atoms. The third kappa shape index (κ3) is 2.05. The molecule has 0 bridgehead atoms. The van der Waals surface area contributed by atoms with Gasteiger partial charge in [-0.3, -0.25) is 4.79 Å². The Morgan fingerprint density at radius 2 is 2.29 bits per heavy atom. The van der Waals surface area contributed by atoms with Gasteiger partial charge >= 0.3 is 0 Å². The van der Waals surface area contributed by atoms with Crippen molar-refractivity contribution in [2.75, 3.05) is 19.8 Å². The molecule has 4 heterocycles. The largest absolute Gasteiger partial charge is 0.379 e. The summed E-state index contributed by atoms with van der Waals surface area (Å²) in [4.78, 5) is 23.6. The van der Waals surface area contributed by atoms with Gasteiger partial charge in [-0.15, -0.1) is 11.3 Å². The number of likely N-dealkylation sites (tertiary alicyclic amines) is 1. The van der Waals surface area contributed by atoms with Gasteiger partial charge in [0.15, 0.2) is 0 Å². The maximum absolute atomic E-state index is 13.1.